The van der Waals surface area contributed by atoms with E-state index in [1.165, 1.54) is 75.1 Å². The van der Waals surface area contributed by atoms with E-state index in [2.05, 4.69) is 51.1 Å². The zero-order valence-electron chi connectivity index (χ0n) is 19.1. The molecule has 3 nitrogen and oxygen atoms in total. The van der Waals surface area contributed by atoms with Gasteiger partial charge in [0.2, 0.25) is 0 Å². The van der Waals surface area contributed by atoms with Gasteiger partial charge in [-0.2, -0.15) is 0 Å². The molecule has 0 spiro atoms. The van der Waals surface area contributed by atoms with Crippen LogP contribution in [-0.2, 0) is 0 Å². The van der Waals surface area contributed by atoms with Gasteiger partial charge in [0.1, 0.15) is 0 Å². The number of nitrogens with zero attached hydrogens (tertiary/aromatic N) is 1. The maximum absolute atomic E-state index is 11.1. The fraction of sp³-hybridized carbons (Fsp3) is 0.520. The van der Waals surface area contributed by atoms with Crippen LogP contribution in [0.2, 0.25) is 0 Å². The Hall–Kier alpha value is -1.67. The summed E-state index contributed by atoms with van der Waals surface area (Å²) in [4.78, 5) is 10.8. The predicted octanol–water partition coefficient (Wildman–Crippen LogP) is 7.19. The number of nitro groups is 1. The number of hydrogen-bond acceptors (Lipinski definition) is 2. The third kappa shape index (κ3) is 7.24. The van der Waals surface area contributed by atoms with E-state index in [9.17, 15) is 10.1 Å². The van der Waals surface area contributed by atoms with E-state index in [-0.39, 0.29) is 10.6 Å². The molecule has 5 heteroatoms. The Kier molecular flexibility index (Phi) is 10.6. The Labute approximate surface area is 184 Å². The molecule has 2 aromatic rings. The topological polar surface area (TPSA) is 43.1 Å². The molecule has 0 radical (unpaired) electrons. The van der Waals surface area contributed by atoms with Crippen LogP contribution in [-0.4, -0.2) is 30.4 Å². The van der Waals surface area contributed by atoms with Crippen LogP contribution in [0.5, 0.6) is 0 Å². The summed E-state index contributed by atoms with van der Waals surface area (Å²) in [6.07, 6.45) is 12.0. The molecule has 0 N–H and O–H groups in total. The molecular weight excluding hydrogens is 388 g/mol. The van der Waals surface area contributed by atoms with Crippen LogP contribution in [0.4, 0.5) is 5.69 Å². The minimum atomic E-state index is -1.46. The van der Waals surface area contributed by atoms with Gasteiger partial charge in [-0.1, -0.05) is 0 Å². The van der Waals surface area contributed by atoms with E-state index in [4.69, 9.17) is 0 Å². The molecule has 0 aromatic heterocycles. The quantitative estimate of drug-likeness (QED) is 0.139. The molecule has 2 rings (SSSR count). The molecule has 0 bridgehead atoms. The molecule has 0 saturated heterocycles. The molecule has 0 fully saturated rings. The van der Waals surface area contributed by atoms with Gasteiger partial charge in [-0.3, -0.25) is 0 Å². The van der Waals surface area contributed by atoms with Crippen molar-refractivity contribution in [2.45, 2.75) is 65.1 Å². The monoisotopic (exact) mass is 427 g/mol. The van der Waals surface area contributed by atoms with Gasteiger partial charge in [0, 0.05) is 0 Å². The fourth-order valence-corrected chi connectivity index (χ4v) is 10.7. The summed E-state index contributed by atoms with van der Waals surface area (Å²) >= 11 is 0. The maximum atomic E-state index is 11.1. The van der Waals surface area contributed by atoms with Crippen molar-refractivity contribution in [1.29, 1.82) is 0 Å². The Morgan fingerprint density at radius 3 is 1.70 bits per heavy atom. The number of hydrogen-bond donors (Lipinski definition) is 0. The first-order chi connectivity index (χ1) is 14.5. The first-order valence-corrected chi connectivity index (χ1v) is 14.7. The minimum absolute atomic E-state index is 0.178. The van der Waals surface area contributed by atoms with Crippen molar-refractivity contribution in [3.8, 4) is 0 Å². The van der Waals surface area contributed by atoms with E-state index in [0.717, 1.165) is 0 Å². The zero-order valence-corrected chi connectivity index (χ0v) is 20.1. The molecule has 0 aliphatic rings. The van der Waals surface area contributed by atoms with Crippen molar-refractivity contribution in [3.05, 3.63) is 75.8 Å². The van der Waals surface area contributed by atoms with Crippen molar-refractivity contribution in [3.63, 3.8) is 0 Å². The third-order valence-corrected chi connectivity index (χ3v) is 12.0. The molecule has 0 amide bonds. The molecule has 0 aliphatic heterocycles. The summed E-state index contributed by atoms with van der Waals surface area (Å²) in [5.74, 6) is 0.337. The van der Waals surface area contributed by atoms with E-state index < -0.39 is 7.14 Å². The summed E-state index contributed by atoms with van der Waals surface area (Å²) in [5, 5.41) is 11.1. The van der Waals surface area contributed by atoms with Crippen LogP contribution in [0.15, 0.2) is 54.6 Å². The molecule has 0 heterocycles. The van der Waals surface area contributed by atoms with Gasteiger partial charge in [0.15, 0.2) is 0 Å². The van der Waals surface area contributed by atoms with Crippen LogP contribution in [0.25, 0.3) is 0 Å². The summed E-state index contributed by atoms with van der Waals surface area (Å²) in [6.45, 7) is 8.19. The molecule has 2 aromatic carbocycles. The third-order valence-electron chi connectivity index (χ3n) is 6.53. The van der Waals surface area contributed by atoms with Crippen molar-refractivity contribution in [2.75, 3.05) is 18.5 Å². The second-order valence-corrected chi connectivity index (χ2v) is 13.7. The van der Waals surface area contributed by atoms with Crippen LogP contribution >= 0.6 is 7.14 Å². The first-order valence-electron chi connectivity index (χ1n) is 11.8. The van der Waals surface area contributed by atoms with Crippen LogP contribution < -0.4 is 0 Å². The number of benzene rings is 2. The average Bonchev–Trinajstić information content (AvgIpc) is 2.79. The van der Waals surface area contributed by atoms with E-state index in [1.54, 1.807) is 12.1 Å². The molecule has 0 aliphatic carbocycles. The molecular formula is C25H39BNO2P. The molecule has 1 atom stereocenters. The number of nitro benzene ring substituents is 1. The van der Waals surface area contributed by atoms with Gasteiger partial charge in [-0.25, -0.2) is 0 Å². The van der Waals surface area contributed by atoms with E-state index in [0.29, 0.717) is 5.82 Å². The number of non-ortho nitro benzene ring substituents is 1. The van der Waals surface area contributed by atoms with Gasteiger partial charge in [-0.05, 0) is 0 Å². The summed E-state index contributed by atoms with van der Waals surface area (Å²) in [7, 11) is -1.46. The Morgan fingerprint density at radius 2 is 1.27 bits per heavy atom. The molecule has 164 valence electrons. The van der Waals surface area contributed by atoms with E-state index >= 15 is 0 Å². The van der Waals surface area contributed by atoms with Gasteiger partial charge in [-0.15, -0.1) is 0 Å². The summed E-state index contributed by atoms with van der Waals surface area (Å²) < 4.78 is 0. The second kappa shape index (κ2) is 12.9. The van der Waals surface area contributed by atoms with Crippen molar-refractivity contribution >= 4 is 19.8 Å². The fourth-order valence-electron chi connectivity index (χ4n) is 4.71. The van der Waals surface area contributed by atoms with Gasteiger partial charge >= 0.3 is 184 Å². The van der Waals surface area contributed by atoms with Crippen LogP contribution in [0, 0.1) is 10.1 Å². The van der Waals surface area contributed by atoms with Crippen LogP contribution in [0.1, 0.15) is 76.2 Å². The van der Waals surface area contributed by atoms with Crippen molar-refractivity contribution < 1.29 is 4.92 Å². The zero-order chi connectivity index (χ0) is 21.8. The summed E-state index contributed by atoms with van der Waals surface area (Å²) in [5.41, 5.74) is 2.76. The van der Waals surface area contributed by atoms with E-state index in [1.807, 2.05) is 12.1 Å². The van der Waals surface area contributed by atoms with Gasteiger partial charge in [0.05, 0.1) is 0 Å². The molecule has 0 saturated carbocycles. The first kappa shape index (κ1) is 24.6. The SMILES string of the molecule is CCCC[PH](BC(c1ccccc1)c1ccc([N+](=O)[O-])cc1)(CCCC)CCCC. The summed E-state index contributed by atoms with van der Waals surface area (Å²) in [6, 6.07) is 18.2. The Morgan fingerprint density at radius 1 is 0.800 bits per heavy atom. The van der Waals surface area contributed by atoms with Gasteiger partial charge in [0.25, 0.3) is 0 Å². The molecule has 30 heavy (non-hydrogen) atoms. The number of rotatable bonds is 14. The standard InChI is InChI=1S/C25H39BNO2P/c1-4-7-19-30(20-8-5-2,21-9-6-3)26-25(22-13-11-10-12-14-22)23-15-17-24(18-16-23)27(28)29/h10-18,25-26,30H,4-9,19-21H2,1-3H3. The van der Waals surface area contributed by atoms with Crippen molar-refractivity contribution in [1.82, 2.24) is 0 Å². The van der Waals surface area contributed by atoms with Crippen LogP contribution in [0.3, 0.4) is 0 Å². The Balaban J connectivity index is 2.43. The second-order valence-electron chi connectivity index (χ2n) is 8.83. The van der Waals surface area contributed by atoms with Crippen molar-refractivity contribution in [2.24, 2.45) is 0 Å². The number of unbranched alkanes of at least 4 members (excludes halogenated alkanes) is 3. The normalized spacial score (nSPS) is 13.0. The predicted molar refractivity (Wildman–Crippen MR) is 136 cm³/mol. The average molecular weight is 427 g/mol. The Bertz CT molecular complexity index is 730. The van der Waals surface area contributed by atoms with Gasteiger partial charge < -0.3 is 0 Å². The molecule has 1 unspecified atom stereocenters.